The third kappa shape index (κ3) is 7.82. The Bertz CT molecular complexity index is 1050. The predicted molar refractivity (Wildman–Crippen MR) is 132 cm³/mol. The molecule has 0 saturated carbocycles. The predicted octanol–water partition coefficient (Wildman–Crippen LogP) is 3.68. The van der Waals surface area contributed by atoms with Gasteiger partial charge in [0, 0.05) is 24.4 Å². The molecule has 0 radical (unpaired) electrons. The molecular weight excluding hydrogens is 518 g/mol. The zero-order chi connectivity index (χ0) is 23.7. The molecule has 8 nitrogen and oxygen atoms in total. The number of sulfonamides is 1. The quantitative estimate of drug-likeness (QED) is 0.310. The molecule has 3 N–H and O–H groups in total. The van der Waals surface area contributed by atoms with Crippen LogP contribution in [0.3, 0.4) is 0 Å². The van der Waals surface area contributed by atoms with Crippen molar-refractivity contribution in [3.05, 3.63) is 52.5 Å². The minimum atomic E-state index is -3.59. The van der Waals surface area contributed by atoms with Crippen molar-refractivity contribution in [3.63, 3.8) is 0 Å². The maximum absolute atomic E-state index is 12.5. The fourth-order valence-corrected chi connectivity index (χ4v) is 4.50. The summed E-state index contributed by atoms with van der Waals surface area (Å²) in [5, 5.41) is 5.54. The lowest BCUT2D eigenvalue weighted by Crippen LogP contribution is -2.34. The van der Waals surface area contributed by atoms with E-state index in [0.29, 0.717) is 41.1 Å². The van der Waals surface area contributed by atoms with E-state index in [0.717, 1.165) is 0 Å². The number of halogens is 1. The molecule has 1 amide bonds. The van der Waals surface area contributed by atoms with Crippen LogP contribution in [0.4, 0.5) is 5.69 Å². The van der Waals surface area contributed by atoms with E-state index in [4.69, 9.17) is 21.7 Å². The van der Waals surface area contributed by atoms with Crippen molar-refractivity contribution >= 4 is 54.9 Å². The normalized spacial score (nSPS) is 12.1. The third-order valence-corrected chi connectivity index (χ3v) is 6.79. The summed E-state index contributed by atoms with van der Waals surface area (Å²) >= 11 is 8.58. The van der Waals surface area contributed by atoms with Gasteiger partial charge < -0.3 is 14.8 Å². The number of methoxy groups -OCH3 is 1. The summed E-state index contributed by atoms with van der Waals surface area (Å²) in [6.45, 7) is 4.55. The number of carbonyl (C=O) groups is 1. The number of anilines is 1. The fraction of sp³-hybridized carbons (Fsp3) is 0.333. The first kappa shape index (κ1) is 26.2. The Hall–Kier alpha value is -2.05. The topological polar surface area (TPSA) is 106 Å². The number of hydrogen-bond acceptors (Lipinski definition) is 6. The number of hydrogen-bond donors (Lipinski definition) is 3. The second-order valence-electron chi connectivity index (χ2n) is 6.85. The molecule has 0 fully saturated rings. The summed E-state index contributed by atoms with van der Waals surface area (Å²) in [6.07, 6.45) is 0.687. The van der Waals surface area contributed by atoms with Crippen LogP contribution in [-0.4, -0.2) is 45.8 Å². The molecule has 2 rings (SSSR count). The number of rotatable bonds is 10. The van der Waals surface area contributed by atoms with Gasteiger partial charge in [-0.2, -0.15) is 0 Å². The molecule has 174 valence electrons. The van der Waals surface area contributed by atoms with Gasteiger partial charge >= 0.3 is 0 Å². The zero-order valence-electron chi connectivity index (χ0n) is 18.0. The lowest BCUT2D eigenvalue weighted by Gasteiger charge is -2.13. The molecule has 0 saturated heterocycles. The molecule has 0 aliphatic carbocycles. The largest absolute Gasteiger partial charge is 0.490 e. The molecule has 0 heterocycles. The minimum Gasteiger partial charge on any atom is -0.490 e. The molecule has 0 aromatic heterocycles. The van der Waals surface area contributed by atoms with Crippen molar-refractivity contribution in [3.8, 4) is 5.75 Å². The highest BCUT2D eigenvalue weighted by Crippen LogP contribution is 2.26. The van der Waals surface area contributed by atoms with Gasteiger partial charge in [0.2, 0.25) is 10.0 Å². The Labute approximate surface area is 202 Å². The number of nitrogens with one attached hydrogen (secondary N) is 3. The van der Waals surface area contributed by atoms with Crippen LogP contribution in [0.15, 0.2) is 51.8 Å². The fourth-order valence-electron chi connectivity index (χ4n) is 2.47. The van der Waals surface area contributed by atoms with E-state index in [1.807, 2.05) is 6.92 Å². The monoisotopic (exact) mass is 543 g/mol. The Balaban J connectivity index is 1.96. The Morgan fingerprint density at radius 3 is 2.44 bits per heavy atom. The molecule has 32 heavy (non-hydrogen) atoms. The molecular formula is C21H26BrN3O5S2. The summed E-state index contributed by atoms with van der Waals surface area (Å²) in [7, 11) is -2.00. The molecule has 0 spiro atoms. The molecule has 2 aromatic rings. The standard InChI is InChI=1S/C21H26BrN3O5S2/c1-4-14(2)25-32(27,28)17-8-6-16(7-9-17)23-21(31)24-20(26)15-5-10-19(18(22)13-15)30-12-11-29-3/h5-10,13-14,25H,4,11-12H2,1-3H3,(H2,23,24,26,31). The lowest BCUT2D eigenvalue weighted by molar-refractivity contribution is 0.0977. The molecule has 2 aromatic carbocycles. The van der Waals surface area contributed by atoms with E-state index >= 15 is 0 Å². The van der Waals surface area contributed by atoms with Crippen molar-refractivity contribution in [2.75, 3.05) is 25.6 Å². The van der Waals surface area contributed by atoms with Crippen molar-refractivity contribution in [1.29, 1.82) is 0 Å². The number of carbonyl (C=O) groups excluding carboxylic acids is 1. The van der Waals surface area contributed by atoms with Crippen LogP contribution < -0.4 is 20.1 Å². The zero-order valence-corrected chi connectivity index (χ0v) is 21.2. The van der Waals surface area contributed by atoms with E-state index in [1.54, 1.807) is 44.4 Å². The van der Waals surface area contributed by atoms with Crippen molar-refractivity contribution < 1.29 is 22.7 Å². The number of ether oxygens (including phenoxy) is 2. The molecule has 0 bridgehead atoms. The van der Waals surface area contributed by atoms with Crippen molar-refractivity contribution in [2.24, 2.45) is 0 Å². The summed E-state index contributed by atoms with van der Waals surface area (Å²) < 4.78 is 38.4. The summed E-state index contributed by atoms with van der Waals surface area (Å²) in [5.74, 6) is 0.195. The first-order valence-corrected chi connectivity index (χ1v) is 12.5. The van der Waals surface area contributed by atoms with Crippen LogP contribution in [0.1, 0.15) is 30.6 Å². The number of benzene rings is 2. The van der Waals surface area contributed by atoms with Crippen LogP contribution in [0.2, 0.25) is 0 Å². The third-order valence-electron chi connectivity index (χ3n) is 4.36. The van der Waals surface area contributed by atoms with Gasteiger partial charge in [-0.1, -0.05) is 6.92 Å². The number of amides is 1. The van der Waals surface area contributed by atoms with Crippen LogP contribution in [0.5, 0.6) is 5.75 Å². The Morgan fingerprint density at radius 2 is 1.84 bits per heavy atom. The van der Waals surface area contributed by atoms with Crippen molar-refractivity contribution in [2.45, 2.75) is 31.2 Å². The molecule has 11 heteroatoms. The molecule has 0 aliphatic heterocycles. The van der Waals surface area contributed by atoms with Gasteiger partial charge in [-0.25, -0.2) is 13.1 Å². The Morgan fingerprint density at radius 1 is 1.16 bits per heavy atom. The second kappa shape index (κ2) is 12.3. The Kier molecular flexibility index (Phi) is 10.0. The maximum atomic E-state index is 12.5. The van der Waals surface area contributed by atoms with Gasteiger partial charge in [0.05, 0.1) is 16.0 Å². The smallest absolute Gasteiger partial charge is 0.257 e. The van der Waals surface area contributed by atoms with Gasteiger partial charge in [0.25, 0.3) is 5.91 Å². The van der Waals surface area contributed by atoms with Crippen LogP contribution in [-0.2, 0) is 14.8 Å². The van der Waals surface area contributed by atoms with Crippen LogP contribution in [0, 0.1) is 0 Å². The van der Waals surface area contributed by atoms with E-state index < -0.39 is 15.9 Å². The average Bonchev–Trinajstić information content (AvgIpc) is 2.74. The molecule has 1 atom stereocenters. The first-order chi connectivity index (χ1) is 15.2. The highest BCUT2D eigenvalue weighted by molar-refractivity contribution is 9.10. The van der Waals surface area contributed by atoms with Crippen molar-refractivity contribution in [1.82, 2.24) is 10.0 Å². The minimum absolute atomic E-state index is 0.0832. The van der Waals surface area contributed by atoms with Crippen LogP contribution in [0.25, 0.3) is 0 Å². The van der Waals surface area contributed by atoms with E-state index in [-0.39, 0.29) is 16.0 Å². The SMILES string of the molecule is CCC(C)NS(=O)(=O)c1ccc(NC(=S)NC(=O)c2ccc(OCCOC)c(Br)c2)cc1. The van der Waals surface area contributed by atoms with Gasteiger partial charge in [0.1, 0.15) is 12.4 Å². The summed E-state index contributed by atoms with van der Waals surface area (Å²) in [4.78, 5) is 12.6. The number of thiocarbonyl (C=S) groups is 1. The summed E-state index contributed by atoms with van der Waals surface area (Å²) in [5.41, 5.74) is 0.929. The van der Waals surface area contributed by atoms with Gasteiger partial charge in [0.15, 0.2) is 5.11 Å². The summed E-state index contributed by atoms with van der Waals surface area (Å²) in [6, 6.07) is 10.9. The van der Waals surface area contributed by atoms with E-state index in [2.05, 4.69) is 31.3 Å². The lowest BCUT2D eigenvalue weighted by atomic mass is 10.2. The van der Waals surface area contributed by atoms with Gasteiger partial charge in [-0.05, 0) is 84.0 Å². The van der Waals surface area contributed by atoms with Gasteiger partial charge in [-0.3, -0.25) is 10.1 Å². The molecule has 1 unspecified atom stereocenters. The first-order valence-electron chi connectivity index (χ1n) is 9.82. The highest BCUT2D eigenvalue weighted by Gasteiger charge is 2.16. The highest BCUT2D eigenvalue weighted by atomic mass is 79.9. The van der Waals surface area contributed by atoms with Gasteiger partial charge in [-0.15, -0.1) is 0 Å². The molecule has 0 aliphatic rings. The van der Waals surface area contributed by atoms with E-state index in [9.17, 15) is 13.2 Å². The maximum Gasteiger partial charge on any atom is 0.257 e. The van der Waals surface area contributed by atoms with Crippen LogP contribution >= 0.6 is 28.1 Å². The van der Waals surface area contributed by atoms with E-state index in [1.165, 1.54) is 12.1 Å². The second-order valence-corrected chi connectivity index (χ2v) is 9.83. The average molecular weight is 544 g/mol.